The fourth-order valence-electron chi connectivity index (χ4n) is 1.41. The van der Waals surface area contributed by atoms with E-state index in [1.54, 1.807) is 0 Å². The highest BCUT2D eigenvalue weighted by atomic mass is 79.9. The Hall–Kier alpha value is 0.840. The van der Waals surface area contributed by atoms with Crippen molar-refractivity contribution in [2.75, 3.05) is 13.1 Å². The monoisotopic (exact) mass is 304 g/mol. The van der Waals surface area contributed by atoms with Gasteiger partial charge in [-0.15, -0.1) is 0 Å². The fraction of sp³-hybridized carbons (Fsp3) is 1.00. The van der Waals surface area contributed by atoms with Gasteiger partial charge in [0.25, 0.3) is 0 Å². The van der Waals surface area contributed by atoms with Gasteiger partial charge in [-0.2, -0.15) is 0 Å². The van der Waals surface area contributed by atoms with Gasteiger partial charge in [0.1, 0.15) is 25.3 Å². The molecule has 1 rings (SSSR count). The van der Waals surface area contributed by atoms with E-state index in [1.165, 1.54) is 19.3 Å². The number of hydrogen-bond acceptors (Lipinski definition) is 1. The predicted molar refractivity (Wildman–Crippen MR) is 38.0 cm³/mol. The van der Waals surface area contributed by atoms with Crippen LogP contribution in [-0.4, -0.2) is 25.3 Å². The van der Waals surface area contributed by atoms with Crippen LogP contribution in [0.3, 0.4) is 0 Å². The summed E-state index contributed by atoms with van der Waals surface area (Å²) in [6.07, 6.45) is 4.52. The molecule has 0 bridgehead atoms. The van der Waals surface area contributed by atoms with E-state index in [0.717, 1.165) is 13.1 Å². The second-order valence-electron chi connectivity index (χ2n) is 2.89. The summed E-state index contributed by atoms with van der Waals surface area (Å²) in [5, 5.41) is 0. The van der Waals surface area contributed by atoms with E-state index in [0.29, 0.717) is 12.2 Å². The van der Waals surface area contributed by atoms with E-state index in [4.69, 9.17) is 4.74 Å². The molecule has 5 heteroatoms. The molecule has 1 aliphatic rings. The van der Waals surface area contributed by atoms with Crippen LogP contribution in [0.4, 0.5) is 0 Å². The van der Waals surface area contributed by atoms with Gasteiger partial charge in [-0.3, -0.25) is 0 Å². The quantitative estimate of drug-likeness (QED) is 0.523. The van der Waals surface area contributed by atoms with Gasteiger partial charge in [0, 0.05) is 0 Å². The Morgan fingerprint density at radius 1 is 1.00 bits per heavy atom. The Kier molecular flexibility index (Phi) is 10.8. The van der Waals surface area contributed by atoms with Crippen molar-refractivity contribution in [3.63, 3.8) is 0 Å². The molecule has 1 fully saturated rings. The molecule has 0 aromatic heterocycles. The smallest absolute Gasteiger partial charge is 0.107 e. The van der Waals surface area contributed by atoms with Gasteiger partial charge >= 0.3 is 0 Å². The lowest BCUT2D eigenvalue weighted by molar-refractivity contribution is -0.411. The molecule has 0 radical (unpaired) electrons. The molecule has 0 saturated carbocycles. The highest BCUT2D eigenvalue weighted by Gasteiger charge is 2.22. The van der Waals surface area contributed by atoms with Crippen molar-refractivity contribution in [2.45, 2.75) is 31.5 Å². The van der Waals surface area contributed by atoms with Crippen molar-refractivity contribution in [3.05, 3.63) is 0 Å². The molecule has 12 heavy (non-hydrogen) atoms. The van der Waals surface area contributed by atoms with E-state index in [1.807, 2.05) is 0 Å². The number of quaternary nitrogens is 2. The number of rotatable bonds is 2. The van der Waals surface area contributed by atoms with Crippen LogP contribution in [0.25, 0.3) is 0 Å². The van der Waals surface area contributed by atoms with Gasteiger partial charge in [0.2, 0.25) is 0 Å². The van der Waals surface area contributed by atoms with Gasteiger partial charge in [0.15, 0.2) is 0 Å². The zero-order valence-corrected chi connectivity index (χ0v) is 10.4. The molecule has 0 amide bonds. The molecule has 1 saturated heterocycles. The minimum atomic E-state index is 0. The second-order valence-corrected chi connectivity index (χ2v) is 2.89. The SMILES string of the molecule is [Br-].[Br-].[NH3+]C[C@@H]1CCC[C@H](C[NH3+])O1. The van der Waals surface area contributed by atoms with E-state index in [2.05, 4.69) is 11.5 Å². The van der Waals surface area contributed by atoms with Gasteiger partial charge in [-0.25, -0.2) is 0 Å². The van der Waals surface area contributed by atoms with Crippen molar-refractivity contribution in [1.82, 2.24) is 0 Å². The van der Waals surface area contributed by atoms with Crippen LogP contribution in [0.15, 0.2) is 0 Å². The van der Waals surface area contributed by atoms with Gasteiger partial charge in [0.05, 0.1) is 0 Å². The summed E-state index contributed by atoms with van der Waals surface area (Å²) in [5.41, 5.74) is 7.67. The number of halogens is 2. The molecule has 1 aliphatic heterocycles. The summed E-state index contributed by atoms with van der Waals surface area (Å²) >= 11 is 0. The third-order valence-electron chi connectivity index (χ3n) is 2.08. The maximum atomic E-state index is 5.66. The van der Waals surface area contributed by atoms with E-state index >= 15 is 0 Å². The van der Waals surface area contributed by atoms with Crippen molar-refractivity contribution in [1.29, 1.82) is 0 Å². The third-order valence-corrected chi connectivity index (χ3v) is 2.08. The van der Waals surface area contributed by atoms with Crippen LogP contribution >= 0.6 is 0 Å². The molecule has 2 atom stereocenters. The average molecular weight is 306 g/mol. The van der Waals surface area contributed by atoms with Crippen molar-refractivity contribution in [3.8, 4) is 0 Å². The van der Waals surface area contributed by atoms with E-state index < -0.39 is 0 Å². The zero-order valence-electron chi connectivity index (χ0n) is 7.27. The fourth-order valence-corrected chi connectivity index (χ4v) is 1.41. The van der Waals surface area contributed by atoms with E-state index in [-0.39, 0.29) is 34.0 Å². The molecule has 0 aromatic rings. The molecule has 3 nitrogen and oxygen atoms in total. The Morgan fingerprint density at radius 2 is 1.42 bits per heavy atom. The molecule has 76 valence electrons. The van der Waals surface area contributed by atoms with Gasteiger partial charge < -0.3 is 50.2 Å². The third kappa shape index (κ3) is 4.77. The molecule has 0 aromatic carbocycles. The van der Waals surface area contributed by atoms with Crippen molar-refractivity contribution >= 4 is 0 Å². The maximum Gasteiger partial charge on any atom is 0.107 e. The van der Waals surface area contributed by atoms with Crippen LogP contribution in [-0.2, 0) is 4.74 Å². The van der Waals surface area contributed by atoms with Crippen molar-refractivity contribution < 1.29 is 50.2 Å². The lowest BCUT2D eigenvalue weighted by Gasteiger charge is -2.25. The largest absolute Gasteiger partial charge is 1.00 e. The first-order chi connectivity index (χ1) is 4.86. The topological polar surface area (TPSA) is 64.5 Å². The first-order valence-electron chi connectivity index (χ1n) is 4.10. The molecule has 1 heterocycles. The second kappa shape index (κ2) is 8.44. The van der Waals surface area contributed by atoms with Crippen LogP contribution in [0, 0.1) is 0 Å². The molecule has 0 aliphatic carbocycles. The van der Waals surface area contributed by atoms with Crippen LogP contribution in [0.5, 0.6) is 0 Å². The molecule has 6 N–H and O–H groups in total. The Labute approximate surface area is 94.7 Å². The summed E-state index contributed by atoms with van der Waals surface area (Å²) in [4.78, 5) is 0. The number of ether oxygens (including phenoxy) is 1. The molecular formula is C7H18Br2N2O. The minimum absolute atomic E-state index is 0. The summed E-state index contributed by atoms with van der Waals surface area (Å²) < 4.78 is 5.66. The first kappa shape index (κ1) is 15.3. The highest BCUT2D eigenvalue weighted by Crippen LogP contribution is 2.16. The Morgan fingerprint density at radius 3 is 1.75 bits per heavy atom. The first-order valence-corrected chi connectivity index (χ1v) is 4.10. The van der Waals surface area contributed by atoms with Crippen molar-refractivity contribution in [2.24, 2.45) is 0 Å². The maximum absolute atomic E-state index is 5.66. The summed E-state index contributed by atoms with van der Waals surface area (Å²) in [6.45, 7) is 1.83. The lowest BCUT2D eigenvalue weighted by Crippen LogP contribution is -3.00. The summed E-state index contributed by atoms with van der Waals surface area (Å²) in [6, 6.07) is 0. The van der Waals surface area contributed by atoms with Crippen LogP contribution in [0.2, 0.25) is 0 Å². The van der Waals surface area contributed by atoms with Crippen LogP contribution < -0.4 is 45.4 Å². The highest BCUT2D eigenvalue weighted by molar-refractivity contribution is 4.68. The summed E-state index contributed by atoms with van der Waals surface area (Å²) in [7, 11) is 0. The standard InChI is InChI=1S/C7H16N2O.2BrH/c8-4-6-2-1-3-7(5-9)10-6;;/h6-7H,1-5,8-9H2;2*1H/t6-,7+;;. The summed E-state index contributed by atoms with van der Waals surface area (Å²) in [5.74, 6) is 0. The Bertz CT molecular complexity index is 95.4. The van der Waals surface area contributed by atoms with E-state index in [9.17, 15) is 0 Å². The Balaban J connectivity index is 0. The lowest BCUT2D eigenvalue weighted by atomic mass is 10.0. The molecular weight excluding hydrogens is 288 g/mol. The molecule has 0 spiro atoms. The normalized spacial score (nSPS) is 28.5. The predicted octanol–water partition coefficient (Wildman–Crippen LogP) is -7.58. The average Bonchev–Trinajstić information content (AvgIpc) is 2.05. The number of hydrogen-bond donors (Lipinski definition) is 2. The minimum Gasteiger partial charge on any atom is -1.00 e. The molecule has 0 unspecified atom stereocenters. The zero-order chi connectivity index (χ0) is 7.40. The van der Waals surface area contributed by atoms with Crippen LogP contribution in [0.1, 0.15) is 19.3 Å². The van der Waals surface area contributed by atoms with Gasteiger partial charge in [-0.05, 0) is 19.3 Å². The van der Waals surface area contributed by atoms with Gasteiger partial charge in [-0.1, -0.05) is 0 Å².